The Hall–Kier alpha value is -9.36. The summed E-state index contributed by atoms with van der Waals surface area (Å²) in [6.45, 7) is 12.8. The number of sulfonamides is 1. The van der Waals surface area contributed by atoms with Crippen molar-refractivity contribution >= 4 is 73.6 Å². The normalized spacial score (nSPS) is 25.6. The Labute approximate surface area is 574 Å². The van der Waals surface area contributed by atoms with Crippen molar-refractivity contribution in [3.05, 3.63) is 208 Å². The molecule has 11 atom stereocenters. The van der Waals surface area contributed by atoms with Crippen LogP contribution in [-0.4, -0.2) is 153 Å². The number of H-pyrrole nitrogens is 1. The van der Waals surface area contributed by atoms with Crippen molar-refractivity contribution in [2.75, 3.05) is 30.2 Å². The van der Waals surface area contributed by atoms with Crippen molar-refractivity contribution in [3.63, 3.8) is 0 Å². The number of aliphatic imine (C=N–C) groups is 1. The number of nitrogens with one attached hydrogen (secondary N) is 3. The van der Waals surface area contributed by atoms with E-state index in [9.17, 15) is 52.8 Å². The molecule has 2 aliphatic heterocycles. The van der Waals surface area contributed by atoms with E-state index in [1.807, 2.05) is 42.5 Å². The minimum Gasteiger partial charge on any atom is -0.494 e. The van der Waals surface area contributed by atoms with Crippen LogP contribution in [0.5, 0.6) is 5.88 Å². The monoisotopic (exact) mass is 1370 g/mol. The van der Waals surface area contributed by atoms with Crippen molar-refractivity contribution in [2.24, 2.45) is 21.7 Å². The number of ketones is 1. The number of benzene rings is 6. The minimum atomic E-state index is -3.44. The maximum atomic E-state index is 15.5. The van der Waals surface area contributed by atoms with Gasteiger partial charge in [0.15, 0.2) is 29.5 Å². The first-order valence-electron chi connectivity index (χ1n) is 33.2. The highest BCUT2D eigenvalue weighted by Crippen LogP contribution is 2.64. The van der Waals surface area contributed by atoms with E-state index < -0.39 is 123 Å². The first-order chi connectivity index (χ1) is 47.2. The van der Waals surface area contributed by atoms with E-state index >= 15 is 4.79 Å². The summed E-state index contributed by atoms with van der Waals surface area (Å²) < 4.78 is 57.2. The zero-order chi connectivity index (χ0) is 70.8. The van der Waals surface area contributed by atoms with Gasteiger partial charge in [-0.05, 0) is 124 Å². The van der Waals surface area contributed by atoms with Gasteiger partial charge in [0.2, 0.25) is 10.0 Å². The van der Waals surface area contributed by atoms with Gasteiger partial charge < -0.3 is 54.4 Å². The van der Waals surface area contributed by atoms with Crippen LogP contribution in [0.15, 0.2) is 180 Å². The first-order valence-corrected chi connectivity index (χ1v) is 34.9. The van der Waals surface area contributed by atoms with Gasteiger partial charge in [0.1, 0.15) is 23.9 Å². The third-order valence-electron chi connectivity index (χ3n) is 20.2. The van der Waals surface area contributed by atoms with Gasteiger partial charge in [-0.25, -0.2) is 23.0 Å². The maximum Gasteiger partial charge on any atom is 0.338 e. The van der Waals surface area contributed by atoms with E-state index in [-0.39, 0.29) is 46.9 Å². The number of aromatic amines is 1. The molecule has 2 saturated heterocycles. The summed E-state index contributed by atoms with van der Waals surface area (Å²) in [6, 6.07) is 46.0. The van der Waals surface area contributed by atoms with Crippen LogP contribution in [0.25, 0.3) is 10.9 Å². The molecule has 23 heteroatoms. The molecule has 0 radical (unpaired) electrons. The predicted octanol–water partition coefficient (Wildman–Crippen LogP) is 9.53. The Morgan fingerprint density at radius 1 is 0.778 bits per heavy atom. The van der Waals surface area contributed by atoms with Gasteiger partial charge in [0.05, 0.1) is 58.4 Å². The number of fused-ring (bicyclic) bond motifs is 6. The summed E-state index contributed by atoms with van der Waals surface area (Å²) >= 11 is 0. The van der Waals surface area contributed by atoms with Gasteiger partial charge in [0, 0.05) is 66.4 Å². The Bertz CT molecular complexity index is 4330. The molecule has 4 fully saturated rings. The first kappa shape index (κ1) is 70.9. The van der Waals surface area contributed by atoms with E-state index in [1.54, 1.807) is 118 Å². The molecule has 7 aromatic rings. The number of amides is 1. The zero-order valence-corrected chi connectivity index (χ0v) is 57.0. The molecule has 2 saturated carbocycles. The molecule has 22 nitrogen and oxygen atoms in total. The molecule has 12 rings (SSSR count). The molecule has 99 heavy (non-hydrogen) atoms. The Morgan fingerprint density at radius 3 is 1.97 bits per heavy atom. The van der Waals surface area contributed by atoms with Crippen LogP contribution in [-0.2, 0) is 59.4 Å². The van der Waals surface area contributed by atoms with Crippen LogP contribution in [0.4, 0.5) is 11.4 Å². The third-order valence-corrected chi connectivity index (χ3v) is 21.5. The molecule has 3 aliphatic carbocycles. The number of rotatable bonds is 18. The zero-order valence-electron chi connectivity index (χ0n) is 56.2. The van der Waals surface area contributed by atoms with Crippen molar-refractivity contribution in [1.29, 1.82) is 0 Å². The van der Waals surface area contributed by atoms with Gasteiger partial charge in [-0.1, -0.05) is 129 Å². The molecule has 0 spiro atoms. The van der Waals surface area contributed by atoms with Crippen molar-refractivity contribution < 1.29 is 81.3 Å². The summed E-state index contributed by atoms with van der Waals surface area (Å²) in [5, 5.41) is 51.9. The van der Waals surface area contributed by atoms with Gasteiger partial charge in [0.25, 0.3) is 5.91 Å². The number of likely N-dealkylation sites (tertiary alicyclic amines) is 1. The molecule has 7 N–H and O–H groups in total. The number of aromatic nitrogens is 1. The summed E-state index contributed by atoms with van der Waals surface area (Å²) in [5.41, 5.74) is -1.90. The molecular weight excluding hydrogens is 1290 g/mol. The summed E-state index contributed by atoms with van der Waals surface area (Å²) in [6.07, 6.45) is -6.67. The third kappa shape index (κ3) is 14.2. The van der Waals surface area contributed by atoms with Crippen LogP contribution in [0.3, 0.4) is 0 Å². The number of piperidine rings is 1. The average molecular weight is 1370 g/mol. The summed E-state index contributed by atoms with van der Waals surface area (Å²) in [4.78, 5) is 93.9. The number of anilines is 1. The number of Topliss-reactive ketones (excluding diaryl/α,β-unsaturated/α-hetero) is 1. The Morgan fingerprint density at radius 2 is 1.38 bits per heavy atom. The number of aromatic hydroxyl groups is 1. The lowest BCUT2D eigenvalue weighted by atomic mass is 9.44. The fraction of sp³-hybridized carbons (Fsp3) is 0.382. The molecule has 6 aromatic carbocycles. The second-order valence-corrected chi connectivity index (χ2v) is 28.8. The lowest BCUT2D eigenvalue weighted by Crippen LogP contribution is -2.82. The van der Waals surface area contributed by atoms with E-state index in [1.165, 1.54) is 50.8 Å². The molecule has 0 unspecified atom stereocenters. The highest BCUT2D eigenvalue weighted by atomic mass is 32.2. The predicted molar refractivity (Wildman–Crippen MR) is 368 cm³/mol. The maximum absolute atomic E-state index is 15.5. The van der Waals surface area contributed by atoms with Crippen LogP contribution < -0.4 is 10.0 Å². The van der Waals surface area contributed by atoms with Crippen molar-refractivity contribution in [3.8, 4) is 5.88 Å². The number of carbonyl (C=O) groups is 6. The second kappa shape index (κ2) is 28.8. The number of esters is 4. The van der Waals surface area contributed by atoms with Crippen LogP contribution in [0.2, 0.25) is 0 Å². The Kier molecular flexibility index (Phi) is 20.7. The Balaban J connectivity index is 0.000000227. The van der Waals surface area contributed by atoms with Crippen LogP contribution in [0, 0.1) is 16.7 Å². The number of nitrogens with zero attached hydrogens (tertiary/aromatic N) is 2. The fourth-order valence-corrected chi connectivity index (χ4v) is 15.6. The highest BCUT2D eigenvalue weighted by Gasteiger charge is 2.78. The fourth-order valence-electron chi connectivity index (χ4n) is 15.0. The van der Waals surface area contributed by atoms with Gasteiger partial charge >= 0.3 is 23.9 Å². The number of ether oxygens (including phenoxy) is 5. The molecule has 5 aliphatic rings. The number of hydrogen-bond acceptors (Lipinski definition) is 19. The van der Waals surface area contributed by atoms with Gasteiger partial charge in [-0.3, -0.25) is 28.8 Å². The lowest BCUT2D eigenvalue weighted by Gasteiger charge is -2.67. The molecule has 520 valence electrons. The molecule has 1 aromatic heterocycles. The average Bonchev–Trinajstić information content (AvgIpc) is 1.02. The number of aliphatic hydroxyl groups is 3. The van der Waals surface area contributed by atoms with E-state index in [0.717, 1.165) is 44.7 Å². The number of hydrogen-bond donors (Lipinski definition) is 7. The summed E-state index contributed by atoms with van der Waals surface area (Å²) in [7, 11) is -3.44. The number of aliphatic hydroxyl groups excluding tert-OH is 2. The molecule has 1 amide bonds. The van der Waals surface area contributed by atoms with E-state index in [2.05, 4.69) is 32.1 Å². The minimum absolute atomic E-state index is 0.00289. The smallest absolute Gasteiger partial charge is 0.338 e. The topological polar surface area (TPSA) is 319 Å². The lowest BCUT2D eigenvalue weighted by molar-refractivity contribution is -0.346. The van der Waals surface area contributed by atoms with Crippen LogP contribution >= 0.6 is 0 Å². The SMILES string of the molecule is CC(=O)O[C@H]1C(=O)[C@@]2(C)[C@H]([C@H](OC(=O)c3ccccc3)[C@]3(O)C[C@H](OC(=O)[C@H](O)[C@@H](NC(=O)c4ccccc4)c4ccccc4)C(C)=C1C3(C)C)[C@]1(OC(C)=O)CO[C@@H]1C[C@@H]2O.CCS(=O)(=O)Nc1ccc2[nH]c(O)c(C(=Nc3ccc(CN4CCCCC4)cc3)c3ccccc3)c2c1. The van der Waals surface area contributed by atoms with Crippen molar-refractivity contribution in [1.82, 2.24) is 15.2 Å². The number of carbonyl (C=O) groups excluding carboxylic acids is 6. The largest absolute Gasteiger partial charge is 0.494 e. The molecule has 3 heterocycles. The molecule has 2 bridgehead atoms. The summed E-state index contributed by atoms with van der Waals surface area (Å²) in [5.74, 6) is -6.89. The van der Waals surface area contributed by atoms with Gasteiger partial charge in [-0.2, -0.15) is 0 Å². The molecular formula is C76H83N5O17S. The quantitative estimate of drug-likeness (QED) is 0.0182. The van der Waals surface area contributed by atoms with Crippen molar-refractivity contribution in [2.45, 2.75) is 141 Å². The highest BCUT2D eigenvalue weighted by molar-refractivity contribution is 7.92. The van der Waals surface area contributed by atoms with E-state index in [4.69, 9.17) is 28.7 Å². The second-order valence-electron chi connectivity index (χ2n) is 26.8. The van der Waals surface area contributed by atoms with Crippen LogP contribution in [0.1, 0.15) is 130 Å². The van der Waals surface area contributed by atoms with Gasteiger partial charge in [-0.15, -0.1) is 0 Å². The standard InChI is InChI=1S/C47H51NO14.C29H32N4O3S/c1-25-31(60-43(56)36(52)35(28-16-10-7-11-17-28)48-41(54)29-18-12-8-13-19-29)23-47(57)40(61-42(55)30-20-14-9-15-21-30)38-45(6,32(51)22-33-46(38,24-58-33)62-27(3)50)39(53)37(59-26(2)49)34(25)44(47,4)5;1-2-37(35,36)32-24-15-16-26-25(19-24)27(29(34)31-26)28(22-9-5-3-6-10-22)30-23-13-11-21(12-14-23)20-33-17-7-4-8-18-33/h7-21,31-33,35-38,40,51-52,57H,22-24H2,1-6H3,(H,48,54);3,5-6,9-16,19,31-32,34H,2,4,7-8,17-18,20H2,1H3/t31-,32-,33+,35-,36+,37+,38-,40-,45+,46-,47+;/m0./s1. The van der Waals surface area contributed by atoms with E-state index in [0.29, 0.717) is 33.4 Å².